The first-order chi connectivity index (χ1) is 12.1. The van der Waals surface area contributed by atoms with Crippen LogP contribution in [-0.2, 0) is 13.0 Å². The predicted molar refractivity (Wildman–Crippen MR) is 89.7 cm³/mol. The van der Waals surface area contributed by atoms with Crippen molar-refractivity contribution in [1.82, 2.24) is 15.5 Å². The number of amides is 1. The van der Waals surface area contributed by atoms with Crippen molar-refractivity contribution in [2.75, 3.05) is 11.9 Å². The molecule has 2 N–H and O–H groups in total. The van der Waals surface area contributed by atoms with Crippen molar-refractivity contribution in [1.29, 1.82) is 0 Å². The number of aromatic nitrogens is 2. The van der Waals surface area contributed by atoms with Crippen LogP contribution < -0.4 is 10.6 Å². The molecular weight excluding hydrogens is 349 g/mol. The molecule has 0 saturated carbocycles. The molecule has 0 fully saturated rings. The Morgan fingerprint density at radius 2 is 2.04 bits per heavy atom. The van der Waals surface area contributed by atoms with E-state index in [2.05, 4.69) is 15.5 Å². The normalized spacial score (nSPS) is 11.7. The number of aryl methyl sites for hydroxylation is 1. The summed E-state index contributed by atoms with van der Waals surface area (Å²) in [5.41, 5.74) is 1.57. The van der Waals surface area contributed by atoms with E-state index in [1.165, 1.54) is 12.1 Å². The molecule has 0 unspecified atom stereocenters. The number of rotatable bonds is 7. The van der Waals surface area contributed by atoms with Gasteiger partial charge in [-0.2, -0.15) is 18.2 Å². The number of hydrogen-bond acceptors (Lipinski definition) is 5. The topological polar surface area (TPSA) is 80.0 Å². The van der Waals surface area contributed by atoms with Gasteiger partial charge in [0.25, 0.3) is 5.91 Å². The monoisotopic (exact) mass is 370 g/mol. The molecule has 26 heavy (non-hydrogen) atoms. The van der Waals surface area contributed by atoms with E-state index in [1.807, 2.05) is 26.1 Å². The second kappa shape index (κ2) is 8.20. The molecule has 0 spiro atoms. The molecule has 0 bridgehead atoms. The first-order valence-corrected chi connectivity index (χ1v) is 8.15. The van der Waals surface area contributed by atoms with Crippen LogP contribution in [0.2, 0.25) is 0 Å². The highest BCUT2D eigenvalue weighted by Crippen LogP contribution is 2.19. The minimum Gasteiger partial charge on any atom is -0.376 e. The lowest BCUT2D eigenvalue weighted by Crippen LogP contribution is -2.33. The summed E-state index contributed by atoms with van der Waals surface area (Å²) < 4.78 is 41.8. The molecule has 0 saturated heterocycles. The van der Waals surface area contributed by atoms with Crippen LogP contribution in [-0.4, -0.2) is 28.8 Å². The van der Waals surface area contributed by atoms with Gasteiger partial charge in [-0.1, -0.05) is 25.1 Å². The average Bonchev–Trinajstić information content (AvgIpc) is 2.97. The maximum atomic E-state index is 12.2. The molecule has 1 amide bonds. The van der Waals surface area contributed by atoms with Crippen LogP contribution in [0.15, 0.2) is 22.7 Å². The molecule has 0 radical (unpaired) electrons. The minimum atomic E-state index is -4.45. The van der Waals surface area contributed by atoms with Crippen molar-refractivity contribution in [3.8, 4) is 0 Å². The van der Waals surface area contributed by atoms with E-state index in [9.17, 15) is 18.0 Å². The molecule has 0 atom stereocenters. The van der Waals surface area contributed by atoms with Gasteiger partial charge in [-0.05, 0) is 30.5 Å². The largest absolute Gasteiger partial charge is 0.405 e. The van der Waals surface area contributed by atoms with Crippen molar-refractivity contribution in [2.45, 2.75) is 39.9 Å². The highest BCUT2D eigenvalue weighted by molar-refractivity contribution is 5.95. The minimum absolute atomic E-state index is 0.133. The van der Waals surface area contributed by atoms with Crippen LogP contribution in [0.25, 0.3) is 0 Å². The van der Waals surface area contributed by atoms with Crippen LogP contribution in [0.1, 0.15) is 41.5 Å². The lowest BCUT2D eigenvalue weighted by Gasteiger charge is -2.11. The summed E-state index contributed by atoms with van der Waals surface area (Å²) in [6, 6.07) is 4.62. The Morgan fingerprint density at radius 1 is 1.31 bits per heavy atom. The molecule has 0 aliphatic heterocycles. The van der Waals surface area contributed by atoms with Gasteiger partial charge >= 0.3 is 6.18 Å². The molecule has 1 heterocycles. The predicted octanol–water partition coefficient (Wildman–Crippen LogP) is 3.48. The fraction of sp³-hybridized carbons (Fsp3) is 0.471. The third-order valence-corrected chi connectivity index (χ3v) is 3.48. The highest BCUT2D eigenvalue weighted by Gasteiger charge is 2.28. The van der Waals surface area contributed by atoms with E-state index in [-0.39, 0.29) is 12.1 Å². The van der Waals surface area contributed by atoms with E-state index >= 15 is 0 Å². The summed E-state index contributed by atoms with van der Waals surface area (Å²) in [7, 11) is 0. The second-order valence-corrected chi connectivity index (χ2v) is 6.38. The van der Waals surface area contributed by atoms with Gasteiger partial charge in [-0.3, -0.25) is 4.79 Å². The van der Waals surface area contributed by atoms with Crippen LogP contribution >= 0.6 is 0 Å². The Bertz CT molecular complexity index is 757. The lowest BCUT2D eigenvalue weighted by molar-refractivity contribution is -0.123. The number of nitrogens with zero attached hydrogens (tertiary/aromatic N) is 2. The summed E-state index contributed by atoms with van der Waals surface area (Å²) in [5, 5.41) is 8.80. The van der Waals surface area contributed by atoms with Gasteiger partial charge < -0.3 is 15.2 Å². The van der Waals surface area contributed by atoms with Gasteiger partial charge in [0.1, 0.15) is 6.54 Å². The van der Waals surface area contributed by atoms with Crippen LogP contribution in [0.3, 0.4) is 0 Å². The summed E-state index contributed by atoms with van der Waals surface area (Å²) in [5.74, 6) is 0.630. The average molecular weight is 370 g/mol. The molecule has 0 aliphatic rings. The summed E-state index contributed by atoms with van der Waals surface area (Å²) in [4.78, 5) is 16.1. The zero-order chi connectivity index (χ0) is 19.3. The number of benzene rings is 1. The second-order valence-electron chi connectivity index (χ2n) is 6.38. The molecular formula is C17H21F3N4O2. The fourth-order valence-electron chi connectivity index (χ4n) is 2.22. The Balaban J connectivity index is 2.00. The summed E-state index contributed by atoms with van der Waals surface area (Å²) in [6.07, 6.45) is -3.75. The molecule has 2 rings (SSSR count). The van der Waals surface area contributed by atoms with E-state index < -0.39 is 18.6 Å². The quantitative estimate of drug-likeness (QED) is 0.780. The molecule has 1 aromatic carbocycles. The van der Waals surface area contributed by atoms with Crippen LogP contribution in [0, 0.1) is 12.8 Å². The number of nitrogens with one attached hydrogen (secondary N) is 2. The number of carbonyl (C=O) groups excluding carboxylic acids is 1. The summed E-state index contributed by atoms with van der Waals surface area (Å²) >= 11 is 0. The molecule has 0 aliphatic carbocycles. The molecule has 1 aromatic heterocycles. The molecule has 6 nitrogen and oxygen atoms in total. The zero-order valence-electron chi connectivity index (χ0n) is 14.8. The molecule has 142 valence electrons. The Hall–Kier alpha value is -2.58. The molecule has 2 aromatic rings. The Labute approximate surface area is 149 Å². The van der Waals surface area contributed by atoms with Gasteiger partial charge in [0.2, 0.25) is 5.89 Å². The van der Waals surface area contributed by atoms with Crippen LogP contribution in [0.5, 0.6) is 0 Å². The van der Waals surface area contributed by atoms with Crippen molar-refractivity contribution in [3.63, 3.8) is 0 Å². The number of anilines is 1. The number of halogens is 3. The standard InChI is InChI=1S/C17H21F3N4O2/c1-10(2)6-14-23-15(26-24-14)8-21-13-7-12(5-4-11(13)3)16(25)22-9-17(18,19)20/h4-5,7,10,21H,6,8-9H2,1-3H3,(H,22,25). The van der Waals surface area contributed by atoms with Gasteiger partial charge in [0.05, 0.1) is 6.54 Å². The van der Waals surface area contributed by atoms with Crippen molar-refractivity contribution >= 4 is 11.6 Å². The third kappa shape index (κ3) is 6.05. The maximum absolute atomic E-state index is 12.2. The van der Waals surface area contributed by atoms with Crippen molar-refractivity contribution in [2.24, 2.45) is 5.92 Å². The summed E-state index contributed by atoms with van der Waals surface area (Å²) in [6.45, 7) is 4.79. The molecule has 9 heteroatoms. The third-order valence-electron chi connectivity index (χ3n) is 3.48. The van der Waals surface area contributed by atoms with E-state index in [0.29, 0.717) is 29.7 Å². The van der Waals surface area contributed by atoms with Gasteiger partial charge in [0, 0.05) is 17.7 Å². The van der Waals surface area contributed by atoms with Gasteiger partial charge in [-0.15, -0.1) is 0 Å². The van der Waals surface area contributed by atoms with E-state index in [0.717, 1.165) is 5.56 Å². The van der Waals surface area contributed by atoms with Crippen molar-refractivity contribution in [3.05, 3.63) is 41.0 Å². The fourth-order valence-corrected chi connectivity index (χ4v) is 2.22. The van der Waals surface area contributed by atoms with Gasteiger partial charge in [0.15, 0.2) is 5.82 Å². The number of alkyl halides is 3. The van der Waals surface area contributed by atoms with E-state index in [4.69, 9.17) is 4.52 Å². The van der Waals surface area contributed by atoms with Crippen LogP contribution in [0.4, 0.5) is 18.9 Å². The number of carbonyl (C=O) groups is 1. The zero-order valence-corrected chi connectivity index (χ0v) is 14.8. The lowest BCUT2D eigenvalue weighted by atomic mass is 10.1. The first kappa shape index (κ1) is 19.7. The number of hydrogen-bond donors (Lipinski definition) is 2. The van der Waals surface area contributed by atoms with Crippen molar-refractivity contribution < 1.29 is 22.5 Å². The van der Waals surface area contributed by atoms with Gasteiger partial charge in [-0.25, -0.2) is 0 Å². The first-order valence-electron chi connectivity index (χ1n) is 8.15. The maximum Gasteiger partial charge on any atom is 0.405 e. The van der Waals surface area contributed by atoms with E-state index in [1.54, 1.807) is 6.07 Å². The Morgan fingerprint density at radius 3 is 2.69 bits per heavy atom. The SMILES string of the molecule is Cc1ccc(C(=O)NCC(F)(F)F)cc1NCc1nc(CC(C)C)no1. The Kier molecular flexibility index (Phi) is 6.23. The highest BCUT2D eigenvalue weighted by atomic mass is 19.4. The smallest absolute Gasteiger partial charge is 0.376 e.